The van der Waals surface area contributed by atoms with Crippen LogP contribution in [0.25, 0.3) is 0 Å². The van der Waals surface area contributed by atoms with E-state index in [9.17, 15) is 13.2 Å². The lowest BCUT2D eigenvalue weighted by Gasteiger charge is -2.31. The van der Waals surface area contributed by atoms with Crippen molar-refractivity contribution >= 4 is 5.82 Å². The number of hydrogen-bond donors (Lipinski definition) is 1. The second-order valence-corrected chi connectivity index (χ2v) is 5.64. The Bertz CT molecular complexity index is 700. The highest BCUT2D eigenvalue weighted by Crippen LogP contribution is 2.28. The number of nitrogens with one attached hydrogen (secondary N) is 1. The minimum Gasteiger partial charge on any atom is -0.481 e. The summed E-state index contributed by atoms with van der Waals surface area (Å²) in [6.07, 6.45) is -1.57. The zero-order valence-electron chi connectivity index (χ0n) is 13.5. The summed E-state index contributed by atoms with van der Waals surface area (Å²) >= 11 is 0. The van der Waals surface area contributed by atoms with Gasteiger partial charge in [0.15, 0.2) is 0 Å². The maximum absolute atomic E-state index is 12.5. The Labute approximate surface area is 141 Å². The van der Waals surface area contributed by atoms with Gasteiger partial charge in [0.25, 0.3) is 0 Å². The molecular weight excluding hydrogens is 341 g/mol. The lowest BCUT2D eigenvalue weighted by molar-refractivity contribution is -0.157. The molecule has 0 aromatic carbocycles. The molecule has 0 atom stereocenters. The molecule has 1 fully saturated rings. The average molecular weight is 358 g/mol. The molecule has 1 saturated heterocycles. The molecule has 2 aromatic rings. The molecule has 0 aliphatic carbocycles. The molecule has 8 nitrogen and oxygen atoms in total. The molecule has 0 amide bonds. The second kappa shape index (κ2) is 7.21. The van der Waals surface area contributed by atoms with E-state index in [0.29, 0.717) is 24.8 Å². The molecule has 3 rings (SSSR count). The minimum atomic E-state index is -4.61. The van der Waals surface area contributed by atoms with Gasteiger partial charge in [-0.05, 0) is 12.8 Å². The third-order valence-electron chi connectivity index (χ3n) is 3.86. The molecular formula is C14H17F3N6O2. The molecule has 25 heavy (non-hydrogen) atoms. The van der Waals surface area contributed by atoms with Crippen LogP contribution in [0.15, 0.2) is 16.8 Å². The Morgan fingerprint density at radius 2 is 2.04 bits per heavy atom. The van der Waals surface area contributed by atoms with Gasteiger partial charge in [-0.1, -0.05) is 0 Å². The molecule has 1 aliphatic heterocycles. The Hall–Kier alpha value is -2.43. The van der Waals surface area contributed by atoms with Crippen LogP contribution in [-0.2, 0) is 12.7 Å². The van der Waals surface area contributed by atoms with Crippen molar-refractivity contribution in [3.8, 4) is 5.88 Å². The van der Waals surface area contributed by atoms with Crippen molar-refractivity contribution in [2.75, 3.05) is 25.5 Å². The van der Waals surface area contributed by atoms with Crippen LogP contribution < -0.4 is 10.1 Å². The minimum absolute atomic E-state index is 0.0285. The lowest BCUT2D eigenvalue weighted by atomic mass is 10.1. The van der Waals surface area contributed by atoms with E-state index in [4.69, 9.17) is 4.74 Å². The van der Waals surface area contributed by atoms with Gasteiger partial charge in [-0.3, -0.25) is 4.90 Å². The normalized spacial score (nSPS) is 16.8. The van der Waals surface area contributed by atoms with E-state index in [1.807, 2.05) is 4.90 Å². The molecule has 0 unspecified atom stereocenters. The highest BCUT2D eigenvalue weighted by atomic mass is 19.4. The molecule has 136 valence electrons. The van der Waals surface area contributed by atoms with Gasteiger partial charge in [0, 0.05) is 25.2 Å². The van der Waals surface area contributed by atoms with E-state index in [-0.39, 0.29) is 18.5 Å². The fourth-order valence-corrected chi connectivity index (χ4v) is 2.60. The first-order valence-corrected chi connectivity index (χ1v) is 7.68. The third-order valence-corrected chi connectivity index (χ3v) is 3.86. The Kier molecular flexibility index (Phi) is 5.02. The zero-order valence-corrected chi connectivity index (χ0v) is 13.5. The maximum Gasteiger partial charge on any atom is 0.470 e. The molecule has 2 aromatic heterocycles. The van der Waals surface area contributed by atoms with Gasteiger partial charge in [-0.2, -0.15) is 13.2 Å². The lowest BCUT2D eigenvalue weighted by Crippen LogP contribution is -2.38. The van der Waals surface area contributed by atoms with Gasteiger partial charge in [-0.15, -0.1) is 10.2 Å². The standard InChI is InChI=1S/C14H17F3N6O2/c1-24-11-6-10(18-8-19-11)20-9-2-4-23(5-3-9)7-12-21-22-13(25-12)14(15,16)17/h6,8-9H,2-5,7H2,1H3,(H,18,19,20). The summed E-state index contributed by atoms with van der Waals surface area (Å²) in [5, 5.41) is 9.80. The Morgan fingerprint density at radius 1 is 1.28 bits per heavy atom. The van der Waals surface area contributed by atoms with Crippen LogP contribution in [-0.4, -0.2) is 51.3 Å². The van der Waals surface area contributed by atoms with Gasteiger partial charge in [-0.25, -0.2) is 9.97 Å². The fourth-order valence-electron chi connectivity index (χ4n) is 2.60. The average Bonchev–Trinajstić information content (AvgIpc) is 3.06. The van der Waals surface area contributed by atoms with Crippen LogP contribution in [0.5, 0.6) is 5.88 Å². The summed E-state index contributed by atoms with van der Waals surface area (Å²) in [6, 6.07) is 1.92. The number of likely N-dealkylation sites (tertiary alicyclic amines) is 1. The van der Waals surface area contributed by atoms with Crippen LogP contribution in [0, 0.1) is 0 Å². The number of hydrogen-bond acceptors (Lipinski definition) is 8. The summed E-state index contributed by atoms with van der Waals surface area (Å²) < 4.78 is 47.1. The SMILES string of the molecule is COc1cc(NC2CCN(Cc3nnc(C(F)(F)F)o3)CC2)ncn1. The quantitative estimate of drug-likeness (QED) is 0.868. The summed E-state index contributed by atoms with van der Waals surface area (Å²) in [5.74, 6) is -0.181. The number of anilines is 1. The van der Waals surface area contributed by atoms with E-state index in [0.717, 1.165) is 12.8 Å². The van der Waals surface area contributed by atoms with E-state index in [1.54, 1.807) is 6.07 Å². The van der Waals surface area contributed by atoms with E-state index in [2.05, 4.69) is 29.9 Å². The molecule has 0 bridgehead atoms. The van der Waals surface area contributed by atoms with Gasteiger partial charge >= 0.3 is 12.1 Å². The Morgan fingerprint density at radius 3 is 2.68 bits per heavy atom. The molecule has 3 heterocycles. The smallest absolute Gasteiger partial charge is 0.470 e. The number of piperidine rings is 1. The van der Waals surface area contributed by atoms with E-state index in [1.165, 1.54) is 13.4 Å². The predicted molar refractivity (Wildman–Crippen MR) is 79.8 cm³/mol. The number of methoxy groups -OCH3 is 1. The molecule has 11 heteroatoms. The summed E-state index contributed by atoms with van der Waals surface area (Å²) in [4.78, 5) is 10.1. The number of alkyl halides is 3. The molecule has 0 radical (unpaired) electrons. The topological polar surface area (TPSA) is 89.2 Å². The van der Waals surface area contributed by atoms with Crippen LogP contribution in [0.1, 0.15) is 24.6 Å². The first kappa shape index (κ1) is 17.4. The van der Waals surface area contributed by atoms with Gasteiger partial charge in [0.05, 0.1) is 13.7 Å². The summed E-state index contributed by atoms with van der Waals surface area (Å²) in [7, 11) is 1.53. The molecule has 1 aliphatic rings. The van der Waals surface area contributed by atoms with Crippen LogP contribution in [0.3, 0.4) is 0 Å². The molecule has 1 N–H and O–H groups in total. The second-order valence-electron chi connectivity index (χ2n) is 5.64. The third kappa shape index (κ3) is 4.56. The number of aromatic nitrogens is 4. The number of nitrogens with zero attached hydrogens (tertiary/aromatic N) is 5. The van der Waals surface area contributed by atoms with Crippen molar-refractivity contribution < 1.29 is 22.3 Å². The van der Waals surface area contributed by atoms with Crippen molar-refractivity contribution in [3.05, 3.63) is 24.2 Å². The van der Waals surface area contributed by atoms with Crippen molar-refractivity contribution in [2.45, 2.75) is 31.6 Å². The van der Waals surface area contributed by atoms with Crippen molar-refractivity contribution in [3.63, 3.8) is 0 Å². The number of halogens is 3. The Balaban J connectivity index is 1.49. The number of rotatable bonds is 5. The monoisotopic (exact) mass is 358 g/mol. The van der Waals surface area contributed by atoms with Crippen LogP contribution >= 0.6 is 0 Å². The van der Waals surface area contributed by atoms with Gasteiger partial charge < -0.3 is 14.5 Å². The predicted octanol–water partition coefficient (Wildman–Crippen LogP) is 1.96. The summed E-state index contributed by atoms with van der Waals surface area (Å²) in [5.41, 5.74) is 0. The van der Waals surface area contributed by atoms with E-state index < -0.39 is 12.1 Å². The maximum atomic E-state index is 12.5. The zero-order chi connectivity index (χ0) is 17.9. The number of ether oxygens (including phenoxy) is 1. The van der Waals surface area contributed by atoms with Gasteiger partial charge in [0.2, 0.25) is 11.8 Å². The summed E-state index contributed by atoms with van der Waals surface area (Å²) in [6.45, 7) is 1.60. The highest BCUT2D eigenvalue weighted by molar-refractivity contribution is 5.38. The van der Waals surface area contributed by atoms with Crippen molar-refractivity contribution in [2.24, 2.45) is 0 Å². The first-order valence-electron chi connectivity index (χ1n) is 7.68. The van der Waals surface area contributed by atoms with Crippen LogP contribution in [0.4, 0.5) is 19.0 Å². The molecule has 0 saturated carbocycles. The highest BCUT2D eigenvalue weighted by Gasteiger charge is 2.38. The largest absolute Gasteiger partial charge is 0.481 e. The molecule has 0 spiro atoms. The first-order chi connectivity index (χ1) is 11.9. The van der Waals surface area contributed by atoms with Crippen LogP contribution in [0.2, 0.25) is 0 Å². The van der Waals surface area contributed by atoms with Crippen molar-refractivity contribution in [1.82, 2.24) is 25.1 Å². The fraction of sp³-hybridized carbons (Fsp3) is 0.571. The van der Waals surface area contributed by atoms with E-state index >= 15 is 0 Å². The van der Waals surface area contributed by atoms with Crippen molar-refractivity contribution in [1.29, 1.82) is 0 Å². The van der Waals surface area contributed by atoms with Gasteiger partial charge in [0.1, 0.15) is 12.1 Å².